The number of benzene rings is 1. The molecule has 1 saturated heterocycles. The fourth-order valence-electron chi connectivity index (χ4n) is 3.06. The number of aromatic nitrogens is 1. The van der Waals surface area contributed by atoms with Crippen LogP contribution >= 0.6 is 0 Å². The molecular weight excluding hydrogens is 308 g/mol. The summed E-state index contributed by atoms with van der Waals surface area (Å²) in [6.07, 6.45) is 2.65. The average molecular weight is 330 g/mol. The summed E-state index contributed by atoms with van der Waals surface area (Å²) in [7, 11) is 4.02. The van der Waals surface area contributed by atoms with Gasteiger partial charge in [-0.2, -0.15) is 0 Å². The van der Waals surface area contributed by atoms with Crippen LogP contribution in [0.25, 0.3) is 10.9 Å². The van der Waals surface area contributed by atoms with E-state index >= 15 is 0 Å². The molecule has 1 aliphatic heterocycles. The van der Waals surface area contributed by atoms with Crippen LogP contribution < -0.4 is 4.90 Å². The Morgan fingerprint density at radius 1 is 1.42 bits per heavy atom. The van der Waals surface area contributed by atoms with Crippen molar-refractivity contribution in [2.24, 2.45) is 0 Å². The van der Waals surface area contributed by atoms with Crippen molar-refractivity contribution < 1.29 is 9.66 Å². The Morgan fingerprint density at radius 3 is 3.00 bits per heavy atom. The summed E-state index contributed by atoms with van der Waals surface area (Å²) in [4.78, 5) is 19.7. The zero-order chi connectivity index (χ0) is 17.1. The lowest BCUT2D eigenvalue weighted by Gasteiger charge is -2.19. The molecule has 7 heteroatoms. The molecule has 0 radical (unpaired) electrons. The van der Waals surface area contributed by atoms with E-state index in [1.54, 1.807) is 24.4 Å². The highest BCUT2D eigenvalue weighted by Gasteiger charge is 2.29. The zero-order valence-electron chi connectivity index (χ0n) is 14.0. The first-order chi connectivity index (χ1) is 11.6. The molecule has 0 spiro atoms. The molecule has 24 heavy (non-hydrogen) atoms. The number of nitro groups is 1. The molecule has 0 saturated carbocycles. The Balaban J connectivity index is 1.80. The van der Waals surface area contributed by atoms with E-state index in [-0.39, 0.29) is 16.7 Å². The second-order valence-electron chi connectivity index (χ2n) is 6.29. The highest BCUT2D eigenvalue weighted by molar-refractivity contribution is 5.94. The first-order valence-corrected chi connectivity index (χ1v) is 8.09. The van der Waals surface area contributed by atoms with Gasteiger partial charge in [-0.05, 0) is 44.8 Å². The van der Waals surface area contributed by atoms with Crippen LogP contribution in [-0.2, 0) is 4.74 Å². The van der Waals surface area contributed by atoms with Crippen molar-refractivity contribution in [1.82, 2.24) is 9.88 Å². The minimum Gasteiger partial charge on any atom is -0.375 e. The van der Waals surface area contributed by atoms with Crippen LogP contribution in [0.2, 0.25) is 0 Å². The standard InChI is InChI=1S/C17H22N4O3/c1-19(2)10-11-24-13-7-9-20(12-13)16-6-5-15-14(4-3-8-18-15)17(16)21(22)23/h3-6,8,13H,7,9-12H2,1-2H3. The third-order valence-corrected chi connectivity index (χ3v) is 4.30. The van der Waals surface area contributed by atoms with Gasteiger partial charge in [-0.15, -0.1) is 0 Å². The lowest BCUT2D eigenvalue weighted by atomic mass is 10.1. The van der Waals surface area contributed by atoms with Gasteiger partial charge >= 0.3 is 5.69 Å². The smallest absolute Gasteiger partial charge is 0.301 e. The number of likely N-dealkylation sites (N-methyl/N-ethyl adjacent to an activating group) is 1. The first kappa shape index (κ1) is 16.6. The molecule has 1 aliphatic rings. The number of pyridine rings is 1. The fourth-order valence-corrected chi connectivity index (χ4v) is 3.06. The first-order valence-electron chi connectivity index (χ1n) is 8.09. The van der Waals surface area contributed by atoms with Crippen LogP contribution in [0.1, 0.15) is 6.42 Å². The van der Waals surface area contributed by atoms with E-state index in [1.807, 2.05) is 25.1 Å². The second kappa shape index (κ2) is 7.11. The molecule has 1 aromatic heterocycles. The normalized spacial score (nSPS) is 17.8. The van der Waals surface area contributed by atoms with Gasteiger partial charge in [0.25, 0.3) is 0 Å². The number of hydrogen-bond acceptors (Lipinski definition) is 6. The quantitative estimate of drug-likeness (QED) is 0.598. The van der Waals surface area contributed by atoms with Crippen molar-refractivity contribution >= 4 is 22.3 Å². The molecule has 1 atom stereocenters. The number of rotatable bonds is 6. The van der Waals surface area contributed by atoms with Crippen molar-refractivity contribution in [3.05, 3.63) is 40.6 Å². The van der Waals surface area contributed by atoms with Gasteiger partial charge in [-0.3, -0.25) is 15.1 Å². The molecule has 2 aromatic rings. The van der Waals surface area contributed by atoms with Crippen molar-refractivity contribution in [1.29, 1.82) is 0 Å². The SMILES string of the molecule is CN(C)CCOC1CCN(c2ccc3ncccc3c2[N+](=O)[O-])C1. The van der Waals surface area contributed by atoms with Crippen LogP contribution in [0.5, 0.6) is 0 Å². The highest BCUT2D eigenvalue weighted by Crippen LogP contribution is 2.36. The highest BCUT2D eigenvalue weighted by atomic mass is 16.6. The Kier molecular flexibility index (Phi) is 4.92. The van der Waals surface area contributed by atoms with Crippen LogP contribution in [0.4, 0.5) is 11.4 Å². The van der Waals surface area contributed by atoms with Crippen molar-refractivity contribution in [2.75, 3.05) is 45.2 Å². The zero-order valence-corrected chi connectivity index (χ0v) is 14.0. The number of fused-ring (bicyclic) bond motifs is 1. The Labute approximate surface area is 141 Å². The summed E-state index contributed by atoms with van der Waals surface area (Å²) < 4.78 is 5.89. The number of ether oxygens (including phenoxy) is 1. The van der Waals surface area contributed by atoms with Gasteiger partial charge < -0.3 is 14.5 Å². The summed E-state index contributed by atoms with van der Waals surface area (Å²) in [5.74, 6) is 0. The maximum absolute atomic E-state index is 11.6. The van der Waals surface area contributed by atoms with Crippen molar-refractivity contribution in [3.8, 4) is 0 Å². The lowest BCUT2D eigenvalue weighted by molar-refractivity contribution is -0.382. The number of nitro benzene ring substituents is 1. The van der Waals surface area contributed by atoms with E-state index in [0.29, 0.717) is 29.7 Å². The molecule has 7 nitrogen and oxygen atoms in total. The van der Waals surface area contributed by atoms with Gasteiger partial charge in [-0.25, -0.2) is 0 Å². The topological polar surface area (TPSA) is 71.7 Å². The maximum atomic E-state index is 11.6. The third kappa shape index (κ3) is 3.47. The molecular formula is C17H22N4O3. The van der Waals surface area contributed by atoms with Crippen molar-refractivity contribution in [3.63, 3.8) is 0 Å². The summed E-state index contributed by atoms with van der Waals surface area (Å²) in [5, 5.41) is 12.2. The average Bonchev–Trinajstić information content (AvgIpc) is 3.02. The van der Waals surface area contributed by atoms with Crippen LogP contribution in [0.3, 0.4) is 0 Å². The van der Waals surface area contributed by atoms with Gasteiger partial charge in [0.2, 0.25) is 0 Å². The molecule has 1 fully saturated rings. The molecule has 1 unspecified atom stereocenters. The predicted octanol–water partition coefficient (Wildman–Crippen LogP) is 2.30. The Bertz CT molecular complexity index is 735. The van der Waals surface area contributed by atoms with Crippen LogP contribution in [0.15, 0.2) is 30.5 Å². The molecule has 128 valence electrons. The third-order valence-electron chi connectivity index (χ3n) is 4.30. The van der Waals surface area contributed by atoms with Gasteiger partial charge in [0.1, 0.15) is 5.69 Å². The fraction of sp³-hybridized carbons (Fsp3) is 0.471. The van der Waals surface area contributed by atoms with Gasteiger partial charge in [0.05, 0.1) is 28.5 Å². The summed E-state index contributed by atoms with van der Waals surface area (Å²) >= 11 is 0. The molecule has 0 bridgehead atoms. The molecule has 0 amide bonds. The van der Waals surface area contributed by atoms with E-state index in [9.17, 15) is 10.1 Å². The van der Waals surface area contributed by atoms with E-state index in [4.69, 9.17) is 4.74 Å². The largest absolute Gasteiger partial charge is 0.375 e. The number of anilines is 1. The molecule has 2 heterocycles. The Morgan fingerprint density at radius 2 is 2.25 bits per heavy atom. The van der Waals surface area contributed by atoms with Gasteiger partial charge in [-0.1, -0.05) is 0 Å². The van der Waals surface area contributed by atoms with E-state index in [0.717, 1.165) is 19.5 Å². The number of hydrogen-bond donors (Lipinski definition) is 0. The van der Waals surface area contributed by atoms with Crippen LogP contribution in [-0.4, -0.2) is 61.2 Å². The van der Waals surface area contributed by atoms with E-state index < -0.39 is 0 Å². The van der Waals surface area contributed by atoms with E-state index in [1.165, 1.54) is 0 Å². The van der Waals surface area contributed by atoms with Crippen molar-refractivity contribution in [2.45, 2.75) is 12.5 Å². The molecule has 0 aliphatic carbocycles. The monoisotopic (exact) mass is 330 g/mol. The minimum absolute atomic E-state index is 0.120. The summed E-state index contributed by atoms with van der Waals surface area (Å²) in [6, 6.07) is 7.13. The summed E-state index contributed by atoms with van der Waals surface area (Å²) in [5.41, 5.74) is 1.43. The second-order valence-corrected chi connectivity index (χ2v) is 6.29. The van der Waals surface area contributed by atoms with Gasteiger partial charge in [0.15, 0.2) is 0 Å². The minimum atomic E-state index is -0.306. The molecule has 0 N–H and O–H groups in total. The summed E-state index contributed by atoms with van der Waals surface area (Å²) in [6.45, 7) is 2.99. The number of nitrogens with zero attached hydrogens (tertiary/aromatic N) is 4. The maximum Gasteiger partial charge on any atom is 0.301 e. The van der Waals surface area contributed by atoms with Gasteiger partial charge in [0, 0.05) is 25.8 Å². The molecule has 3 rings (SSSR count). The lowest BCUT2D eigenvalue weighted by Crippen LogP contribution is -2.26. The van der Waals surface area contributed by atoms with Crippen LogP contribution in [0, 0.1) is 10.1 Å². The molecule has 1 aromatic carbocycles. The Hall–Kier alpha value is -2.25. The van der Waals surface area contributed by atoms with E-state index in [2.05, 4.69) is 9.88 Å². The predicted molar refractivity (Wildman–Crippen MR) is 93.5 cm³/mol.